The van der Waals surface area contributed by atoms with Crippen molar-refractivity contribution in [2.75, 3.05) is 16.3 Å². The number of nitrogens with two attached hydrogens (primary N) is 1. The molecule has 2 aliphatic rings. The second kappa shape index (κ2) is 8.16. The number of aromatic nitrogens is 5. The van der Waals surface area contributed by atoms with Crippen LogP contribution in [0.15, 0.2) is 24.3 Å². The van der Waals surface area contributed by atoms with Crippen LogP contribution in [0.3, 0.4) is 0 Å². The van der Waals surface area contributed by atoms with Gasteiger partial charge in [-0.3, -0.25) is 9.69 Å². The van der Waals surface area contributed by atoms with Crippen molar-refractivity contribution in [2.24, 2.45) is 5.73 Å². The lowest BCUT2D eigenvalue weighted by Crippen LogP contribution is -2.39. The number of rotatable bonds is 5. The van der Waals surface area contributed by atoms with Crippen LogP contribution in [0.1, 0.15) is 74.0 Å². The molecule has 0 radical (unpaired) electrons. The van der Waals surface area contributed by atoms with Crippen LogP contribution >= 0.6 is 0 Å². The zero-order valence-corrected chi connectivity index (χ0v) is 20.5. The number of nitrogens with zero attached hydrogens (tertiary/aromatic N) is 7. The first-order valence-corrected chi connectivity index (χ1v) is 11.9. The highest BCUT2D eigenvalue weighted by molar-refractivity contribution is 6.10. The van der Waals surface area contributed by atoms with Gasteiger partial charge in [0.1, 0.15) is 23.2 Å². The highest BCUT2D eigenvalue weighted by Crippen LogP contribution is 2.37. The Labute approximate surface area is 200 Å². The summed E-state index contributed by atoms with van der Waals surface area (Å²) in [7, 11) is 0. The van der Waals surface area contributed by atoms with Crippen LogP contribution in [0.4, 0.5) is 11.6 Å². The van der Waals surface area contributed by atoms with E-state index in [1.54, 1.807) is 4.90 Å². The Bertz CT molecular complexity index is 1260. The monoisotopic (exact) mass is 460 g/mol. The summed E-state index contributed by atoms with van der Waals surface area (Å²) >= 11 is 0. The first-order valence-electron chi connectivity index (χ1n) is 11.9. The van der Waals surface area contributed by atoms with Gasteiger partial charge in [-0.15, -0.1) is 10.2 Å². The molecule has 178 valence electrons. The van der Waals surface area contributed by atoms with Gasteiger partial charge in [-0.05, 0) is 65.7 Å². The molecule has 9 heteroatoms. The Morgan fingerprint density at radius 1 is 1.15 bits per heavy atom. The van der Waals surface area contributed by atoms with Gasteiger partial charge in [0.2, 0.25) is 0 Å². The molecule has 0 aliphatic carbocycles. The van der Waals surface area contributed by atoms with E-state index < -0.39 is 0 Å². The number of hydrogen-bond donors (Lipinski definition) is 1. The van der Waals surface area contributed by atoms with Gasteiger partial charge < -0.3 is 15.2 Å². The van der Waals surface area contributed by atoms with E-state index in [0.717, 1.165) is 42.3 Å². The third kappa shape index (κ3) is 3.55. The minimum Gasteiger partial charge on any atom is -0.351 e. The molecule has 1 saturated heterocycles. The molecule has 0 aromatic carbocycles. The van der Waals surface area contributed by atoms with Crippen LogP contribution in [0.25, 0.3) is 11.5 Å². The molecule has 1 fully saturated rings. The summed E-state index contributed by atoms with van der Waals surface area (Å²) in [5.41, 5.74) is 9.12. The number of hydrogen-bond acceptors (Lipinski definition) is 7. The Morgan fingerprint density at radius 3 is 2.62 bits per heavy atom. The van der Waals surface area contributed by atoms with Gasteiger partial charge >= 0.3 is 0 Å². The minimum atomic E-state index is -0.0727. The normalized spacial score (nSPS) is 17.2. The molecule has 0 bridgehead atoms. The smallest absolute Gasteiger partial charge is 0.260 e. The van der Waals surface area contributed by atoms with Crippen molar-refractivity contribution in [2.45, 2.75) is 72.1 Å². The fourth-order valence-electron chi connectivity index (χ4n) is 5.24. The molecule has 0 unspecified atom stereocenters. The largest absolute Gasteiger partial charge is 0.351 e. The standard InChI is InChI=1S/C25H32N8O/c1-15(2)33-16(3)29-30-23(33)19-8-6-9-21(27-19)31-14-18-17(24(31)34)12-22(28-20(18)13-26)32-11-7-10-25(32,4)5/h6,8-9,12,15H,7,10-11,13-14,26H2,1-5H3. The number of fused-ring (bicyclic) bond motifs is 1. The summed E-state index contributed by atoms with van der Waals surface area (Å²) in [5, 5.41) is 8.58. The van der Waals surface area contributed by atoms with Crippen LogP contribution in [0, 0.1) is 6.92 Å². The average molecular weight is 461 g/mol. The Kier molecular flexibility index (Phi) is 5.39. The summed E-state index contributed by atoms with van der Waals surface area (Å²) in [5.74, 6) is 2.87. The molecule has 34 heavy (non-hydrogen) atoms. The Balaban J connectivity index is 1.52. The van der Waals surface area contributed by atoms with Crippen molar-refractivity contribution in [3.05, 3.63) is 46.9 Å². The maximum Gasteiger partial charge on any atom is 0.260 e. The molecule has 3 aromatic rings. The van der Waals surface area contributed by atoms with Gasteiger partial charge in [-0.25, -0.2) is 9.97 Å². The number of amides is 1. The van der Waals surface area contributed by atoms with Gasteiger partial charge in [-0.2, -0.15) is 0 Å². The van der Waals surface area contributed by atoms with E-state index in [1.165, 1.54) is 0 Å². The molecule has 3 aromatic heterocycles. The van der Waals surface area contributed by atoms with Crippen molar-refractivity contribution in [3.8, 4) is 11.5 Å². The van der Waals surface area contributed by atoms with E-state index in [0.29, 0.717) is 29.4 Å². The van der Waals surface area contributed by atoms with E-state index in [2.05, 4.69) is 42.8 Å². The Morgan fingerprint density at radius 2 is 1.94 bits per heavy atom. The first-order chi connectivity index (χ1) is 16.2. The molecule has 9 nitrogen and oxygen atoms in total. The van der Waals surface area contributed by atoms with Crippen molar-refractivity contribution < 1.29 is 4.79 Å². The summed E-state index contributed by atoms with van der Waals surface area (Å²) < 4.78 is 2.05. The first kappa shape index (κ1) is 22.5. The molecule has 0 saturated carbocycles. The Hall–Kier alpha value is -3.33. The topological polar surface area (TPSA) is 106 Å². The summed E-state index contributed by atoms with van der Waals surface area (Å²) in [6.45, 7) is 12.2. The van der Waals surface area contributed by atoms with Gasteiger partial charge in [0.25, 0.3) is 5.91 Å². The molecule has 0 spiro atoms. The van der Waals surface area contributed by atoms with Crippen LogP contribution in [-0.2, 0) is 13.1 Å². The van der Waals surface area contributed by atoms with E-state index in [4.69, 9.17) is 15.7 Å². The van der Waals surface area contributed by atoms with E-state index in [1.807, 2.05) is 35.8 Å². The number of carbonyl (C=O) groups is 1. The molecule has 5 rings (SSSR count). The zero-order valence-electron chi connectivity index (χ0n) is 20.5. The van der Waals surface area contributed by atoms with E-state index in [9.17, 15) is 4.79 Å². The summed E-state index contributed by atoms with van der Waals surface area (Å²) in [6, 6.07) is 7.80. The van der Waals surface area contributed by atoms with Gasteiger partial charge in [-0.1, -0.05) is 6.07 Å². The highest BCUT2D eigenvalue weighted by atomic mass is 16.2. The second-order valence-corrected chi connectivity index (χ2v) is 10.0. The third-order valence-corrected chi connectivity index (χ3v) is 6.98. The summed E-state index contributed by atoms with van der Waals surface area (Å²) in [6.07, 6.45) is 2.21. The minimum absolute atomic E-state index is 0.00876. The molecule has 2 N–H and O–H groups in total. The fraction of sp³-hybridized carbons (Fsp3) is 0.480. The van der Waals surface area contributed by atoms with Crippen molar-refractivity contribution in [3.63, 3.8) is 0 Å². The number of anilines is 2. The number of pyridine rings is 2. The zero-order chi connectivity index (χ0) is 24.2. The fourth-order valence-corrected chi connectivity index (χ4v) is 5.24. The predicted octanol–water partition coefficient (Wildman–Crippen LogP) is 3.62. The van der Waals surface area contributed by atoms with E-state index >= 15 is 0 Å². The quantitative estimate of drug-likeness (QED) is 0.620. The lowest BCUT2D eigenvalue weighted by molar-refractivity contribution is 0.0996. The molecule has 2 aliphatic heterocycles. The third-order valence-electron chi connectivity index (χ3n) is 6.98. The maximum atomic E-state index is 13.6. The van der Waals surface area contributed by atoms with Crippen LogP contribution in [0.5, 0.6) is 0 Å². The van der Waals surface area contributed by atoms with Gasteiger partial charge in [0.15, 0.2) is 5.82 Å². The molecular formula is C25H32N8O. The summed E-state index contributed by atoms with van der Waals surface area (Å²) in [4.78, 5) is 27.3. The highest BCUT2D eigenvalue weighted by Gasteiger charge is 2.37. The number of aryl methyl sites for hydroxylation is 1. The molecule has 5 heterocycles. The van der Waals surface area contributed by atoms with E-state index in [-0.39, 0.29) is 24.0 Å². The van der Waals surface area contributed by atoms with Crippen molar-refractivity contribution in [1.29, 1.82) is 0 Å². The lowest BCUT2D eigenvalue weighted by atomic mass is 10.0. The van der Waals surface area contributed by atoms with Crippen molar-refractivity contribution in [1.82, 2.24) is 24.7 Å². The SMILES string of the molecule is Cc1nnc(-c2cccc(N3Cc4c(cc(N5CCCC5(C)C)nc4CN)C3=O)n2)n1C(C)C. The predicted molar refractivity (Wildman–Crippen MR) is 132 cm³/mol. The molecule has 1 amide bonds. The molecular weight excluding hydrogens is 428 g/mol. The average Bonchev–Trinajstić information content (AvgIpc) is 3.47. The van der Waals surface area contributed by atoms with Crippen LogP contribution in [0.2, 0.25) is 0 Å². The van der Waals surface area contributed by atoms with Crippen molar-refractivity contribution >= 4 is 17.5 Å². The van der Waals surface area contributed by atoms with Gasteiger partial charge in [0.05, 0.1) is 17.8 Å². The lowest BCUT2D eigenvalue weighted by Gasteiger charge is -2.33. The van der Waals surface area contributed by atoms with Crippen LogP contribution in [-0.4, -0.2) is 42.7 Å². The molecule has 0 atom stereocenters. The van der Waals surface area contributed by atoms with Crippen LogP contribution < -0.4 is 15.5 Å². The maximum absolute atomic E-state index is 13.6. The second-order valence-electron chi connectivity index (χ2n) is 10.0. The van der Waals surface area contributed by atoms with Gasteiger partial charge in [0, 0.05) is 30.2 Å². The number of carbonyl (C=O) groups excluding carboxylic acids is 1.